The van der Waals surface area contributed by atoms with Gasteiger partial charge in [0.15, 0.2) is 5.78 Å². The Morgan fingerprint density at radius 3 is 2.12 bits per heavy atom. The average molecular weight is 345 g/mol. The number of ketones is 1. The van der Waals surface area contributed by atoms with Crippen molar-refractivity contribution in [1.82, 2.24) is 0 Å². The molecule has 0 aliphatic heterocycles. The Kier molecular flexibility index (Phi) is 9.55. The van der Waals surface area contributed by atoms with Gasteiger partial charge < -0.3 is 4.74 Å². The molecule has 1 aromatic carbocycles. The van der Waals surface area contributed by atoms with Gasteiger partial charge in [0.05, 0.1) is 6.61 Å². The molecule has 0 radical (unpaired) electrons. The van der Waals surface area contributed by atoms with Crippen molar-refractivity contribution in [2.24, 2.45) is 17.8 Å². The molecule has 0 amide bonds. The van der Waals surface area contributed by atoms with Crippen LogP contribution in [0.5, 0.6) is 0 Å². The summed E-state index contributed by atoms with van der Waals surface area (Å²) in [5.74, 6) is 2.86. The second-order valence-electron chi connectivity index (χ2n) is 7.40. The number of hydrogen-bond donors (Lipinski definition) is 0. The first-order valence-electron chi connectivity index (χ1n) is 9.80. The van der Waals surface area contributed by atoms with Crippen molar-refractivity contribution in [3.05, 3.63) is 41.5 Å². The third kappa shape index (κ3) is 7.05. The molecule has 0 aliphatic rings. The topological polar surface area (TPSA) is 26.3 Å². The first-order valence-corrected chi connectivity index (χ1v) is 9.80. The average Bonchev–Trinajstić information content (AvgIpc) is 2.63. The summed E-state index contributed by atoms with van der Waals surface area (Å²) in [6.45, 7) is 13.3. The van der Waals surface area contributed by atoms with Crippen LogP contribution < -0.4 is 0 Å². The molecule has 0 saturated heterocycles. The SMILES string of the molecule is CCC(CC[C@@H](C)C(C)CC)CO/C(=C(\C)C(C)=O)c1ccccc1. The van der Waals surface area contributed by atoms with Crippen LogP contribution in [0.4, 0.5) is 0 Å². The summed E-state index contributed by atoms with van der Waals surface area (Å²) in [6, 6.07) is 9.96. The standard InChI is InChI=1S/C23H36O2/c1-7-17(3)18(4)14-15-21(8-2)16-25-23(19(5)20(6)24)22-12-10-9-11-13-22/h9-13,17-18,21H,7-8,14-16H2,1-6H3/b23-19+/t17?,18-,21?/m1/s1. The van der Waals surface area contributed by atoms with Crippen molar-refractivity contribution >= 4 is 11.5 Å². The molecule has 25 heavy (non-hydrogen) atoms. The number of ether oxygens (including phenoxy) is 1. The third-order valence-corrected chi connectivity index (χ3v) is 5.59. The van der Waals surface area contributed by atoms with Crippen LogP contribution in [0.15, 0.2) is 35.9 Å². The zero-order valence-electron chi connectivity index (χ0n) is 17.0. The Hall–Kier alpha value is -1.57. The van der Waals surface area contributed by atoms with Gasteiger partial charge in [-0.1, -0.05) is 77.3 Å². The lowest BCUT2D eigenvalue weighted by Crippen LogP contribution is -2.14. The number of carbonyl (C=O) groups excluding carboxylic acids is 1. The van der Waals surface area contributed by atoms with Crippen LogP contribution in [0, 0.1) is 17.8 Å². The summed E-state index contributed by atoms with van der Waals surface area (Å²) >= 11 is 0. The fourth-order valence-electron chi connectivity index (χ4n) is 2.95. The molecule has 1 rings (SSSR count). The molecule has 0 fully saturated rings. The maximum atomic E-state index is 11.9. The molecule has 140 valence electrons. The highest BCUT2D eigenvalue weighted by Crippen LogP contribution is 2.26. The van der Waals surface area contributed by atoms with Crippen LogP contribution in [0.2, 0.25) is 0 Å². The van der Waals surface area contributed by atoms with Gasteiger partial charge in [0, 0.05) is 11.1 Å². The van der Waals surface area contributed by atoms with E-state index >= 15 is 0 Å². The highest BCUT2D eigenvalue weighted by molar-refractivity contribution is 5.99. The van der Waals surface area contributed by atoms with Gasteiger partial charge in [-0.15, -0.1) is 0 Å². The molecule has 1 aromatic rings. The zero-order valence-corrected chi connectivity index (χ0v) is 17.0. The first-order chi connectivity index (χ1) is 11.9. The van der Waals surface area contributed by atoms with Crippen LogP contribution in [0.25, 0.3) is 5.76 Å². The summed E-state index contributed by atoms with van der Waals surface area (Å²) in [5, 5.41) is 0. The molecular weight excluding hydrogens is 308 g/mol. The number of carbonyl (C=O) groups is 1. The summed E-state index contributed by atoms with van der Waals surface area (Å²) < 4.78 is 6.18. The van der Waals surface area contributed by atoms with E-state index < -0.39 is 0 Å². The molecular formula is C23H36O2. The van der Waals surface area contributed by atoms with Gasteiger partial charge >= 0.3 is 0 Å². The maximum Gasteiger partial charge on any atom is 0.159 e. The van der Waals surface area contributed by atoms with Crippen LogP contribution in [-0.4, -0.2) is 12.4 Å². The number of hydrogen-bond acceptors (Lipinski definition) is 2. The van der Waals surface area contributed by atoms with E-state index in [1.54, 1.807) is 6.92 Å². The van der Waals surface area contributed by atoms with E-state index in [9.17, 15) is 4.79 Å². The van der Waals surface area contributed by atoms with Crippen molar-refractivity contribution in [2.75, 3.05) is 6.61 Å². The van der Waals surface area contributed by atoms with Gasteiger partial charge in [0.1, 0.15) is 5.76 Å². The van der Waals surface area contributed by atoms with Crippen molar-refractivity contribution in [3.63, 3.8) is 0 Å². The summed E-state index contributed by atoms with van der Waals surface area (Å²) in [7, 11) is 0. The Balaban J connectivity index is 2.75. The third-order valence-electron chi connectivity index (χ3n) is 5.59. The van der Waals surface area contributed by atoms with Gasteiger partial charge in [0.2, 0.25) is 0 Å². The van der Waals surface area contributed by atoms with Crippen molar-refractivity contribution in [2.45, 2.75) is 67.2 Å². The molecule has 2 unspecified atom stereocenters. The highest BCUT2D eigenvalue weighted by Gasteiger charge is 2.16. The molecule has 0 spiro atoms. The van der Waals surface area contributed by atoms with Crippen LogP contribution in [0.1, 0.15) is 72.8 Å². The quantitative estimate of drug-likeness (QED) is 0.338. The molecule has 0 N–H and O–H groups in total. The number of benzene rings is 1. The predicted octanol–water partition coefficient (Wildman–Crippen LogP) is 6.51. The lowest BCUT2D eigenvalue weighted by molar-refractivity contribution is -0.113. The van der Waals surface area contributed by atoms with Crippen molar-refractivity contribution in [3.8, 4) is 0 Å². The van der Waals surface area contributed by atoms with E-state index in [0.29, 0.717) is 18.1 Å². The lowest BCUT2D eigenvalue weighted by atomic mass is 9.86. The van der Waals surface area contributed by atoms with Gasteiger partial charge in [0.25, 0.3) is 0 Å². The van der Waals surface area contributed by atoms with E-state index in [2.05, 4.69) is 27.7 Å². The minimum atomic E-state index is 0.0669. The molecule has 2 nitrogen and oxygen atoms in total. The maximum absolute atomic E-state index is 11.9. The number of Topliss-reactive ketones (excluding diaryl/α,β-unsaturated/α-hetero) is 1. The molecule has 3 atom stereocenters. The van der Waals surface area contributed by atoms with E-state index in [1.165, 1.54) is 19.3 Å². The Morgan fingerprint density at radius 1 is 0.960 bits per heavy atom. The van der Waals surface area contributed by atoms with Crippen molar-refractivity contribution < 1.29 is 9.53 Å². The Morgan fingerprint density at radius 2 is 1.60 bits per heavy atom. The Bertz CT molecular complexity index is 544. The molecule has 2 heteroatoms. The van der Waals surface area contributed by atoms with Gasteiger partial charge in [-0.25, -0.2) is 0 Å². The smallest absolute Gasteiger partial charge is 0.159 e. The van der Waals surface area contributed by atoms with E-state index in [4.69, 9.17) is 4.74 Å². The monoisotopic (exact) mass is 344 g/mol. The van der Waals surface area contributed by atoms with Crippen LogP contribution in [-0.2, 0) is 9.53 Å². The largest absolute Gasteiger partial charge is 0.492 e. The molecule has 0 heterocycles. The molecule has 0 saturated carbocycles. The number of rotatable bonds is 11. The highest BCUT2D eigenvalue weighted by atomic mass is 16.5. The fraction of sp³-hybridized carbons (Fsp3) is 0.609. The summed E-state index contributed by atoms with van der Waals surface area (Å²) in [6.07, 6.45) is 4.78. The van der Waals surface area contributed by atoms with Crippen LogP contribution >= 0.6 is 0 Å². The minimum Gasteiger partial charge on any atom is -0.492 e. The second kappa shape index (κ2) is 11.1. The normalized spacial score (nSPS) is 15.9. The number of allylic oxidation sites excluding steroid dienone is 1. The second-order valence-corrected chi connectivity index (χ2v) is 7.40. The summed E-state index contributed by atoms with van der Waals surface area (Å²) in [5.41, 5.74) is 1.69. The van der Waals surface area contributed by atoms with Gasteiger partial charge in [-0.05, 0) is 38.0 Å². The van der Waals surface area contributed by atoms with E-state index in [0.717, 1.165) is 29.6 Å². The zero-order chi connectivity index (χ0) is 18.8. The van der Waals surface area contributed by atoms with Crippen molar-refractivity contribution in [1.29, 1.82) is 0 Å². The molecule has 0 aliphatic carbocycles. The predicted molar refractivity (Wildman–Crippen MR) is 107 cm³/mol. The lowest BCUT2D eigenvalue weighted by Gasteiger charge is -2.23. The first kappa shape index (κ1) is 21.5. The van der Waals surface area contributed by atoms with Gasteiger partial charge in [-0.3, -0.25) is 4.79 Å². The van der Waals surface area contributed by atoms with E-state index in [1.807, 2.05) is 37.3 Å². The molecule has 0 bridgehead atoms. The minimum absolute atomic E-state index is 0.0669. The Labute approximate surface area is 154 Å². The van der Waals surface area contributed by atoms with Gasteiger partial charge in [-0.2, -0.15) is 0 Å². The van der Waals surface area contributed by atoms with E-state index in [-0.39, 0.29) is 5.78 Å². The fourth-order valence-corrected chi connectivity index (χ4v) is 2.95. The molecule has 0 aromatic heterocycles. The summed E-state index contributed by atoms with van der Waals surface area (Å²) in [4.78, 5) is 11.9. The van der Waals surface area contributed by atoms with Crippen LogP contribution in [0.3, 0.4) is 0 Å².